The van der Waals surface area contributed by atoms with Crippen LogP contribution in [0.25, 0.3) is 0 Å². The average molecular weight is 1100 g/mol. The highest BCUT2D eigenvalue weighted by Gasteiger charge is 2.51. The van der Waals surface area contributed by atoms with Crippen molar-refractivity contribution >= 4 is 5.91 Å². The van der Waals surface area contributed by atoms with Crippen LogP contribution in [0.3, 0.4) is 0 Å². The Balaban J connectivity index is 1.69. The van der Waals surface area contributed by atoms with Crippen molar-refractivity contribution in [2.45, 2.75) is 376 Å². The van der Waals surface area contributed by atoms with Crippen LogP contribution in [0.5, 0.6) is 0 Å². The molecule has 9 N–H and O–H groups in total. The van der Waals surface area contributed by atoms with E-state index in [-0.39, 0.29) is 12.5 Å². The molecule has 2 fully saturated rings. The SMILES string of the molecule is CCCCCCCCCCCCCCCCCCCCCCCCCCCCC(O)C(COC1OC(CO)C(OC2OC(CO)C(O)C(O)C2O)C(O)C1O)NC(=O)CCCCCCCCCCCCCCCCCCC. The molecule has 0 spiro atoms. The number of carbonyl (C=O) groups is 1. The Kier molecular flexibility index (Phi) is 46.4. The van der Waals surface area contributed by atoms with E-state index in [1.165, 1.54) is 225 Å². The topological polar surface area (TPSA) is 228 Å². The van der Waals surface area contributed by atoms with Crippen molar-refractivity contribution < 1.29 is 64.6 Å². The van der Waals surface area contributed by atoms with E-state index in [1.807, 2.05) is 0 Å². The van der Waals surface area contributed by atoms with Crippen molar-refractivity contribution in [1.82, 2.24) is 5.32 Å². The summed E-state index contributed by atoms with van der Waals surface area (Å²) in [5.41, 5.74) is 0. The van der Waals surface area contributed by atoms with Crippen molar-refractivity contribution in [3.05, 3.63) is 0 Å². The molecule has 458 valence electrons. The summed E-state index contributed by atoms with van der Waals surface area (Å²) in [4.78, 5) is 13.3. The zero-order valence-electron chi connectivity index (χ0n) is 49.5. The van der Waals surface area contributed by atoms with Crippen LogP contribution in [-0.4, -0.2) is 140 Å². The van der Waals surface area contributed by atoms with Crippen LogP contribution < -0.4 is 5.32 Å². The van der Waals surface area contributed by atoms with E-state index in [4.69, 9.17) is 18.9 Å². The molecule has 0 aromatic heterocycles. The Morgan fingerprint density at radius 1 is 0.416 bits per heavy atom. The summed E-state index contributed by atoms with van der Waals surface area (Å²) >= 11 is 0. The molecule has 12 atom stereocenters. The molecule has 2 rings (SSSR count). The Hall–Kier alpha value is -1.01. The van der Waals surface area contributed by atoms with Gasteiger partial charge < -0.3 is 65.1 Å². The van der Waals surface area contributed by atoms with Crippen LogP contribution >= 0.6 is 0 Å². The van der Waals surface area contributed by atoms with E-state index in [0.717, 1.165) is 51.4 Å². The monoisotopic (exact) mass is 1100 g/mol. The molecule has 2 heterocycles. The van der Waals surface area contributed by atoms with E-state index >= 15 is 0 Å². The third-order valence-corrected chi connectivity index (χ3v) is 16.6. The lowest BCUT2D eigenvalue weighted by molar-refractivity contribution is -0.359. The Morgan fingerprint density at radius 3 is 1.10 bits per heavy atom. The largest absolute Gasteiger partial charge is 0.394 e. The fourth-order valence-corrected chi connectivity index (χ4v) is 11.3. The van der Waals surface area contributed by atoms with Gasteiger partial charge in [0.25, 0.3) is 0 Å². The van der Waals surface area contributed by atoms with Crippen LogP contribution in [-0.2, 0) is 23.7 Å². The summed E-state index contributed by atoms with van der Waals surface area (Å²) in [5, 5.41) is 87.4. The molecule has 77 heavy (non-hydrogen) atoms. The molecule has 0 aromatic rings. The molecule has 0 aliphatic carbocycles. The summed E-state index contributed by atoms with van der Waals surface area (Å²) in [6.45, 7) is 2.91. The van der Waals surface area contributed by atoms with Crippen LogP contribution in [0.2, 0.25) is 0 Å². The highest BCUT2D eigenvalue weighted by molar-refractivity contribution is 5.76. The maximum absolute atomic E-state index is 13.3. The van der Waals surface area contributed by atoms with Gasteiger partial charge in [-0.1, -0.05) is 284 Å². The molecule has 0 aromatic carbocycles. The minimum Gasteiger partial charge on any atom is -0.394 e. The van der Waals surface area contributed by atoms with Gasteiger partial charge in [0.15, 0.2) is 12.6 Å². The zero-order chi connectivity index (χ0) is 56.0. The Labute approximate surface area is 470 Å². The summed E-state index contributed by atoms with van der Waals surface area (Å²) in [6, 6.07) is -0.823. The number of carbonyl (C=O) groups excluding carboxylic acids is 1. The molecular formula is C63H123NO13. The van der Waals surface area contributed by atoms with Gasteiger partial charge in [-0.2, -0.15) is 0 Å². The molecule has 2 aliphatic heterocycles. The first-order valence-corrected chi connectivity index (χ1v) is 32.8. The van der Waals surface area contributed by atoms with Gasteiger partial charge in [-0.3, -0.25) is 4.79 Å². The van der Waals surface area contributed by atoms with Crippen molar-refractivity contribution in [3.8, 4) is 0 Å². The molecule has 1 amide bonds. The van der Waals surface area contributed by atoms with Gasteiger partial charge in [-0.25, -0.2) is 0 Å². The van der Waals surface area contributed by atoms with Gasteiger partial charge in [-0.15, -0.1) is 0 Å². The molecule has 14 nitrogen and oxygen atoms in total. The number of aliphatic hydroxyl groups excluding tert-OH is 8. The fraction of sp³-hybridized carbons (Fsp3) is 0.984. The summed E-state index contributed by atoms with van der Waals surface area (Å²) in [5.74, 6) is -0.199. The third-order valence-electron chi connectivity index (χ3n) is 16.6. The van der Waals surface area contributed by atoms with E-state index in [9.17, 15) is 45.6 Å². The standard InChI is InChI=1S/C63H123NO13/c1-3-5-7-9-11-13-15-17-19-21-22-23-24-25-26-27-28-29-31-32-34-36-38-40-42-44-46-52(67)51(64-55(68)47-45-43-41-39-37-35-33-30-20-18-16-14-12-10-8-6-4-2)50-74-62-60(73)58(71)61(54(49-66)76-62)77-63-59(72)57(70)56(69)53(48-65)75-63/h51-54,56-63,65-67,69-73H,3-50H2,1-2H3,(H,64,68). The summed E-state index contributed by atoms with van der Waals surface area (Å²) in [6.07, 6.45) is 39.7. The molecular weight excluding hydrogens is 979 g/mol. The fourth-order valence-electron chi connectivity index (χ4n) is 11.3. The minimum absolute atomic E-state index is 0.199. The number of rotatable bonds is 54. The first kappa shape index (κ1) is 72.1. The number of ether oxygens (including phenoxy) is 4. The van der Waals surface area contributed by atoms with E-state index < -0.39 is 86.8 Å². The Morgan fingerprint density at radius 2 is 0.740 bits per heavy atom. The summed E-state index contributed by atoms with van der Waals surface area (Å²) in [7, 11) is 0. The maximum atomic E-state index is 13.3. The molecule has 0 bridgehead atoms. The van der Waals surface area contributed by atoms with Crippen molar-refractivity contribution in [3.63, 3.8) is 0 Å². The van der Waals surface area contributed by atoms with Crippen molar-refractivity contribution in [1.29, 1.82) is 0 Å². The van der Waals surface area contributed by atoms with Crippen molar-refractivity contribution in [2.75, 3.05) is 19.8 Å². The predicted molar refractivity (Wildman–Crippen MR) is 309 cm³/mol. The predicted octanol–water partition coefficient (Wildman–Crippen LogP) is 12.1. The van der Waals surface area contributed by atoms with Gasteiger partial charge in [0.2, 0.25) is 5.91 Å². The van der Waals surface area contributed by atoms with Gasteiger partial charge in [-0.05, 0) is 12.8 Å². The lowest BCUT2D eigenvalue weighted by Gasteiger charge is -2.46. The number of aliphatic hydroxyl groups is 8. The third kappa shape index (κ3) is 34.9. The molecule has 0 radical (unpaired) electrons. The van der Waals surface area contributed by atoms with Gasteiger partial charge in [0.05, 0.1) is 32.0 Å². The second kappa shape index (κ2) is 49.6. The molecule has 2 saturated heterocycles. The smallest absolute Gasteiger partial charge is 0.220 e. The summed E-state index contributed by atoms with van der Waals surface area (Å²) < 4.78 is 22.9. The number of hydrogen-bond acceptors (Lipinski definition) is 13. The lowest BCUT2D eigenvalue weighted by Crippen LogP contribution is -2.65. The molecule has 12 unspecified atom stereocenters. The quantitative estimate of drug-likeness (QED) is 0.0259. The van der Waals surface area contributed by atoms with Crippen LogP contribution in [0, 0.1) is 0 Å². The van der Waals surface area contributed by atoms with E-state index in [0.29, 0.717) is 12.8 Å². The number of amides is 1. The average Bonchev–Trinajstić information content (AvgIpc) is 3.43. The van der Waals surface area contributed by atoms with E-state index in [1.54, 1.807) is 0 Å². The molecule has 2 aliphatic rings. The number of unbranched alkanes of at least 4 members (excludes halogenated alkanes) is 41. The molecule has 0 saturated carbocycles. The Bertz CT molecular complexity index is 1300. The highest BCUT2D eigenvalue weighted by atomic mass is 16.7. The lowest BCUT2D eigenvalue weighted by atomic mass is 9.97. The first-order valence-electron chi connectivity index (χ1n) is 32.8. The zero-order valence-corrected chi connectivity index (χ0v) is 49.5. The van der Waals surface area contributed by atoms with Gasteiger partial charge in [0, 0.05) is 6.42 Å². The number of hydrogen-bond donors (Lipinski definition) is 9. The maximum Gasteiger partial charge on any atom is 0.220 e. The van der Waals surface area contributed by atoms with E-state index in [2.05, 4.69) is 19.2 Å². The van der Waals surface area contributed by atoms with Crippen LogP contribution in [0.1, 0.15) is 303 Å². The molecule has 14 heteroatoms. The second-order valence-electron chi connectivity index (χ2n) is 23.6. The van der Waals surface area contributed by atoms with Gasteiger partial charge in [0.1, 0.15) is 48.8 Å². The number of nitrogens with one attached hydrogen (secondary N) is 1. The van der Waals surface area contributed by atoms with Crippen LogP contribution in [0.15, 0.2) is 0 Å². The second-order valence-corrected chi connectivity index (χ2v) is 23.6. The van der Waals surface area contributed by atoms with Crippen molar-refractivity contribution in [2.24, 2.45) is 0 Å². The minimum atomic E-state index is -1.78. The highest BCUT2D eigenvalue weighted by Crippen LogP contribution is 2.30. The first-order chi connectivity index (χ1) is 37.6. The van der Waals surface area contributed by atoms with Crippen LogP contribution in [0.4, 0.5) is 0 Å². The normalized spacial score (nSPS) is 24.6. The van der Waals surface area contributed by atoms with Gasteiger partial charge >= 0.3 is 0 Å².